The van der Waals surface area contributed by atoms with Crippen LogP contribution in [0.25, 0.3) is 0 Å². The van der Waals surface area contributed by atoms with Gasteiger partial charge in [0, 0.05) is 5.03 Å². The van der Waals surface area contributed by atoms with Crippen molar-refractivity contribution in [1.82, 2.24) is 0 Å². The first kappa shape index (κ1) is 13.5. The number of alkyl halides is 1. The minimum Gasteiger partial charge on any atom is -0.497 e. The number of benzene rings is 1. The molecule has 0 heterocycles. The number of allylic oxidation sites excluding steroid dienone is 4. The van der Waals surface area contributed by atoms with Gasteiger partial charge in [-0.1, -0.05) is 29.8 Å². The van der Waals surface area contributed by atoms with E-state index in [2.05, 4.69) is 6.07 Å². The molecule has 1 nitrogen and oxygen atoms in total. The second-order valence-electron chi connectivity index (χ2n) is 4.52. The summed E-state index contributed by atoms with van der Waals surface area (Å²) in [6, 6.07) is 8.08. The zero-order valence-corrected chi connectivity index (χ0v) is 11.8. The molecule has 0 aliphatic heterocycles. The molecule has 0 saturated carbocycles. The fourth-order valence-corrected chi connectivity index (χ4v) is 2.73. The van der Waals surface area contributed by atoms with E-state index in [9.17, 15) is 0 Å². The maximum Gasteiger partial charge on any atom is 0.119 e. The number of methoxy groups -OCH3 is 1. The first-order chi connectivity index (χ1) is 8.61. The molecule has 0 radical (unpaired) electrons. The fourth-order valence-electron chi connectivity index (χ4n) is 2.08. The van der Waals surface area contributed by atoms with E-state index in [0.29, 0.717) is 0 Å². The normalized spacial score (nSPS) is 22.7. The van der Waals surface area contributed by atoms with Gasteiger partial charge in [-0.2, -0.15) is 0 Å². The summed E-state index contributed by atoms with van der Waals surface area (Å²) in [6.45, 7) is 0. The summed E-state index contributed by atoms with van der Waals surface area (Å²) in [5, 5.41) is 0.724. The highest BCUT2D eigenvalue weighted by Crippen LogP contribution is 2.34. The third kappa shape index (κ3) is 3.54. The van der Waals surface area contributed by atoms with Gasteiger partial charge in [-0.15, -0.1) is 11.6 Å². The average Bonchev–Trinajstić information content (AvgIpc) is 2.37. The Labute approximate surface area is 118 Å². The van der Waals surface area contributed by atoms with Crippen LogP contribution in [-0.4, -0.2) is 12.0 Å². The Morgan fingerprint density at radius 3 is 2.94 bits per heavy atom. The minimum absolute atomic E-state index is 0.352. The highest BCUT2D eigenvalue weighted by Gasteiger charge is 2.25. The largest absolute Gasteiger partial charge is 0.497 e. The topological polar surface area (TPSA) is 9.23 Å². The Bertz CT molecular complexity index is 479. The molecule has 1 aromatic carbocycles. The van der Waals surface area contributed by atoms with E-state index in [0.717, 1.165) is 30.0 Å². The van der Waals surface area contributed by atoms with Crippen molar-refractivity contribution in [2.45, 2.75) is 24.1 Å². The Morgan fingerprint density at radius 2 is 2.22 bits per heavy atom. The van der Waals surface area contributed by atoms with Gasteiger partial charge < -0.3 is 4.74 Å². The van der Waals surface area contributed by atoms with E-state index in [1.807, 2.05) is 36.4 Å². The van der Waals surface area contributed by atoms with Crippen molar-refractivity contribution >= 4 is 23.2 Å². The number of halogens is 2. The van der Waals surface area contributed by atoms with Crippen LogP contribution in [0.15, 0.2) is 47.5 Å². The lowest BCUT2D eigenvalue weighted by Crippen LogP contribution is -2.20. The summed E-state index contributed by atoms with van der Waals surface area (Å²) in [6.07, 6.45) is 8.47. The molecule has 96 valence electrons. The Balaban J connectivity index is 2.01. The molecule has 0 bridgehead atoms. The molecule has 3 heteroatoms. The van der Waals surface area contributed by atoms with Crippen LogP contribution in [0.5, 0.6) is 5.75 Å². The minimum atomic E-state index is -0.352. The lowest BCUT2D eigenvalue weighted by Gasteiger charge is -2.24. The summed E-state index contributed by atoms with van der Waals surface area (Å²) < 4.78 is 5.21. The van der Waals surface area contributed by atoms with Crippen molar-refractivity contribution in [3.05, 3.63) is 53.1 Å². The van der Waals surface area contributed by atoms with Crippen LogP contribution in [0, 0.1) is 0 Å². The van der Waals surface area contributed by atoms with E-state index in [1.165, 1.54) is 5.56 Å². The molecule has 0 fully saturated rings. The maximum absolute atomic E-state index is 6.55. The summed E-state index contributed by atoms with van der Waals surface area (Å²) in [4.78, 5) is -0.352. The van der Waals surface area contributed by atoms with Gasteiger partial charge in [0.2, 0.25) is 0 Å². The molecule has 1 atom stereocenters. The number of hydrogen-bond acceptors (Lipinski definition) is 1. The molecule has 2 rings (SSSR count). The van der Waals surface area contributed by atoms with Crippen LogP contribution in [0.2, 0.25) is 0 Å². The van der Waals surface area contributed by atoms with Gasteiger partial charge >= 0.3 is 0 Å². The van der Waals surface area contributed by atoms with E-state index in [-0.39, 0.29) is 4.87 Å². The number of ether oxygens (including phenoxy) is 1. The molecule has 1 unspecified atom stereocenters. The second kappa shape index (κ2) is 5.81. The smallest absolute Gasteiger partial charge is 0.119 e. The van der Waals surface area contributed by atoms with Crippen LogP contribution in [0.1, 0.15) is 18.4 Å². The standard InChI is InChI=1S/C15H16Cl2O/c1-18-14-6-2-4-12(10-14)7-9-15(17)8-3-5-13(16)11-15/h2-6,10-11H,7-9H2,1H3. The number of rotatable bonds is 4. The number of hydrogen-bond donors (Lipinski definition) is 0. The maximum atomic E-state index is 6.55. The molecule has 0 amide bonds. The molecular weight excluding hydrogens is 267 g/mol. The predicted molar refractivity (Wildman–Crippen MR) is 77.6 cm³/mol. The first-order valence-electron chi connectivity index (χ1n) is 5.98. The molecule has 1 aliphatic rings. The van der Waals surface area contributed by atoms with Gasteiger partial charge in [-0.05, 0) is 49.1 Å². The third-order valence-electron chi connectivity index (χ3n) is 3.09. The SMILES string of the molecule is COc1cccc(CCC2(Cl)C=C(Cl)C=CC2)c1. The van der Waals surface area contributed by atoms with E-state index >= 15 is 0 Å². The van der Waals surface area contributed by atoms with Crippen molar-refractivity contribution in [1.29, 1.82) is 0 Å². The molecular formula is C15H16Cl2O. The zero-order valence-electron chi connectivity index (χ0n) is 10.3. The molecule has 18 heavy (non-hydrogen) atoms. The van der Waals surface area contributed by atoms with Crippen LogP contribution in [0.3, 0.4) is 0 Å². The van der Waals surface area contributed by atoms with Gasteiger partial charge in [0.1, 0.15) is 5.75 Å². The van der Waals surface area contributed by atoms with Crippen LogP contribution >= 0.6 is 23.2 Å². The Morgan fingerprint density at radius 1 is 1.39 bits per heavy atom. The second-order valence-corrected chi connectivity index (χ2v) is 5.71. The average molecular weight is 283 g/mol. The lowest BCUT2D eigenvalue weighted by molar-refractivity contribution is 0.414. The van der Waals surface area contributed by atoms with Crippen molar-refractivity contribution in [2.75, 3.05) is 7.11 Å². The monoisotopic (exact) mass is 282 g/mol. The van der Waals surface area contributed by atoms with Gasteiger partial charge in [0.15, 0.2) is 0 Å². The van der Waals surface area contributed by atoms with E-state index in [1.54, 1.807) is 7.11 Å². The van der Waals surface area contributed by atoms with Crippen molar-refractivity contribution in [2.24, 2.45) is 0 Å². The van der Waals surface area contributed by atoms with Gasteiger partial charge in [0.05, 0.1) is 12.0 Å². The first-order valence-corrected chi connectivity index (χ1v) is 6.74. The van der Waals surface area contributed by atoms with Gasteiger partial charge in [0.25, 0.3) is 0 Å². The Hall–Kier alpha value is -0.920. The molecule has 0 saturated heterocycles. The predicted octanol–water partition coefficient (Wildman–Crippen LogP) is 4.69. The summed E-state index contributed by atoms with van der Waals surface area (Å²) >= 11 is 12.6. The lowest BCUT2D eigenvalue weighted by atomic mass is 9.92. The number of aryl methyl sites for hydroxylation is 1. The summed E-state index contributed by atoms with van der Waals surface area (Å²) in [5.74, 6) is 0.883. The Kier molecular flexibility index (Phi) is 4.36. The van der Waals surface area contributed by atoms with Crippen LogP contribution in [-0.2, 0) is 6.42 Å². The van der Waals surface area contributed by atoms with E-state index in [4.69, 9.17) is 27.9 Å². The zero-order chi connectivity index (χ0) is 13.0. The fraction of sp³-hybridized carbons (Fsp3) is 0.333. The van der Waals surface area contributed by atoms with Gasteiger partial charge in [-0.3, -0.25) is 0 Å². The van der Waals surface area contributed by atoms with Crippen LogP contribution in [0.4, 0.5) is 0 Å². The quantitative estimate of drug-likeness (QED) is 0.728. The summed E-state index contributed by atoms with van der Waals surface area (Å²) in [7, 11) is 1.68. The summed E-state index contributed by atoms with van der Waals surface area (Å²) in [5.41, 5.74) is 1.23. The van der Waals surface area contributed by atoms with E-state index < -0.39 is 0 Å². The van der Waals surface area contributed by atoms with Crippen molar-refractivity contribution < 1.29 is 4.74 Å². The molecule has 0 aromatic heterocycles. The molecule has 0 N–H and O–H groups in total. The van der Waals surface area contributed by atoms with Crippen LogP contribution < -0.4 is 4.74 Å². The van der Waals surface area contributed by atoms with Gasteiger partial charge in [-0.25, -0.2) is 0 Å². The van der Waals surface area contributed by atoms with Crippen molar-refractivity contribution in [3.63, 3.8) is 0 Å². The third-order valence-corrected chi connectivity index (χ3v) is 3.78. The van der Waals surface area contributed by atoms with Crippen molar-refractivity contribution in [3.8, 4) is 5.75 Å². The highest BCUT2D eigenvalue weighted by molar-refractivity contribution is 6.33. The highest BCUT2D eigenvalue weighted by atomic mass is 35.5. The molecule has 1 aliphatic carbocycles. The molecule has 0 spiro atoms. The molecule has 1 aromatic rings.